The number of esters is 1. The minimum atomic E-state index is -0.749. The highest BCUT2D eigenvalue weighted by atomic mass is 16.5. The van der Waals surface area contributed by atoms with Gasteiger partial charge in [0.25, 0.3) is 11.7 Å². The van der Waals surface area contributed by atoms with Crippen LogP contribution in [0.4, 0.5) is 0 Å². The number of amides is 1. The number of carbonyl (C=O) groups is 3. The summed E-state index contributed by atoms with van der Waals surface area (Å²) in [6.07, 6.45) is 0. The highest BCUT2D eigenvalue weighted by molar-refractivity contribution is 6.44. The van der Waals surface area contributed by atoms with Crippen molar-refractivity contribution in [3.63, 3.8) is 0 Å². The Bertz CT molecular complexity index is 1100. The molecule has 0 aliphatic rings. The standard InChI is InChI=1S/C25H26N2O4/c1-5-31-25(30)20-17(4)26-22(21(20)19-13-11-15(2)12-14-19)23(28)24(29)27-16(3)18-9-7-6-8-10-18/h6-14,16,26H,5H2,1-4H3,(H,27,29)/t16-/m0/s1. The number of aromatic nitrogens is 1. The van der Waals surface area contributed by atoms with Crippen molar-refractivity contribution in [1.82, 2.24) is 10.3 Å². The van der Waals surface area contributed by atoms with Gasteiger partial charge in [-0.25, -0.2) is 4.79 Å². The van der Waals surface area contributed by atoms with Crippen LogP contribution in [0.5, 0.6) is 0 Å². The maximum Gasteiger partial charge on any atom is 0.340 e. The molecule has 0 fully saturated rings. The summed E-state index contributed by atoms with van der Waals surface area (Å²) in [6, 6.07) is 16.5. The molecule has 1 heterocycles. The second-order valence-corrected chi connectivity index (χ2v) is 7.40. The van der Waals surface area contributed by atoms with E-state index in [4.69, 9.17) is 4.74 Å². The van der Waals surface area contributed by atoms with Crippen molar-refractivity contribution < 1.29 is 19.1 Å². The lowest BCUT2D eigenvalue weighted by molar-refractivity contribution is -0.117. The van der Waals surface area contributed by atoms with Gasteiger partial charge in [0.2, 0.25) is 0 Å². The highest BCUT2D eigenvalue weighted by Gasteiger charge is 2.30. The lowest BCUT2D eigenvalue weighted by atomic mass is 9.97. The molecule has 0 aliphatic carbocycles. The third-order valence-electron chi connectivity index (χ3n) is 5.09. The van der Waals surface area contributed by atoms with Crippen molar-refractivity contribution in [2.75, 3.05) is 6.61 Å². The molecule has 0 aliphatic heterocycles. The van der Waals surface area contributed by atoms with Crippen LogP contribution in [0.25, 0.3) is 11.1 Å². The molecule has 0 saturated heterocycles. The predicted molar refractivity (Wildman–Crippen MR) is 119 cm³/mol. The molecule has 1 atom stereocenters. The van der Waals surface area contributed by atoms with Gasteiger partial charge in [-0.3, -0.25) is 9.59 Å². The molecule has 160 valence electrons. The molecule has 6 nitrogen and oxygen atoms in total. The van der Waals surface area contributed by atoms with E-state index in [1.54, 1.807) is 13.8 Å². The zero-order chi connectivity index (χ0) is 22.5. The average molecular weight is 418 g/mol. The van der Waals surface area contributed by atoms with E-state index in [-0.39, 0.29) is 23.9 Å². The molecule has 3 rings (SSSR count). The molecule has 0 spiro atoms. The first-order chi connectivity index (χ1) is 14.8. The van der Waals surface area contributed by atoms with E-state index in [1.165, 1.54) is 0 Å². The number of carbonyl (C=O) groups excluding carboxylic acids is 3. The molecule has 6 heteroatoms. The lowest BCUT2D eigenvalue weighted by Crippen LogP contribution is -2.33. The van der Waals surface area contributed by atoms with E-state index in [1.807, 2.05) is 68.4 Å². The quantitative estimate of drug-likeness (QED) is 0.335. The number of benzene rings is 2. The van der Waals surface area contributed by atoms with E-state index in [0.717, 1.165) is 11.1 Å². The van der Waals surface area contributed by atoms with Gasteiger partial charge in [-0.2, -0.15) is 0 Å². The Labute approximate surface area is 181 Å². The summed E-state index contributed by atoms with van der Waals surface area (Å²) >= 11 is 0. The molecule has 0 saturated carbocycles. The molecule has 1 aromatic heterocycles. The normalized spacial score (nSPS) is 11.6. The number of nitrogens with one attached hydrogen (secondary N) is 2. The van der Waals surface area contributed by atoms with E-state index in [2.05, 4.69) is 10.3 Å². The maximum absolute atomic E-state index is 13.1. The van der Waals surface area contributed by atoms with Crippen molar-refractivity contribution in [2.45, 2.75) is 33.7 Å². The van der Waals surface area contributed by atoms with E-state index >= 15 is 0 Å². The fraction of sp³-hybridized carbons (Fsp3) is 0.240. The second-order valence-electron chi connectivity index (χ2n) is 7.40. The number of hydrogen-bond acceptors (Lipinski definition) is 4. The molecule has 2 aromatic carbocycles. The molecule has 31 heavy (non-hydrogen) atoms. The van der Waals surface area contributed by atoms with Gasteiger partial charge in [-0.1, -0.05) is 60.2 Å². The van der Waals surface area contributed by atoms with Gasteiger partial charge in [0.15, 0.2) is 0 Å². The monoisotopic (exact) mass is 418 g/mol. The van der Waals surface area contributed by atoms with E-state index in [0.29, 0.717) is 16.8 Å². The van der Waals surface area contributed by atoms with Crippen LogP contribution in [-0.2, 0) is 9.53 Å². The number of aryl methyl sites for hydroxylation is 2. The first-order valence-electron chi connectivity index (χ1n) is 10.2. The van der Waals surface area contributed by atoms with Crippen molar-refractivity contribution in [1.29, 1.82) is 0 Å². The van der Waals surface area contributed by atoms with Crippen LogP contribution in [0.1, 0.15) is 57.6 Å². The maximum atomic E-state index is 13.1. The zero-order valence-electron chi connectivity index (χ0n) is 18.1. The Hall–Kier alpha value is -3.67. The third-order valence-corrected chi connectivity index (χ3v) is 5.09. The average Bonchev–Trinajstić information content (AvgIpc) is 3.11. The summed E-state index contributed by atoms with van der Waals surface area (Å²) in [6.45, 7) is 7.37. The zero-order valence-corrected chi connectivity index (χ0v) is 18.1. The summed E-state index contributed by atoms with van der Waals surface area (Å²) in [5.41, 5.74) is 3.77. The van der Waals surface area contributed by atoms with Gasteiger partial charge in [0, 0.05) is 11.3 Å². The second kappa shape index (κ2) is 9.43. The number of ether oxygens (including phenoxy) is 1. The highest BCUT2D eigenvalue weighted by Crippen LogP contribution is 2.32. The Kier molecular flexibility index (Phi) is 6.70. The number of aromatic amines is 1. The minimum absolute atomic E-state index is 0.0715. The van der Waals surface area contributed by atoms with Gasteiger partial charge in [-0.05, 0) is 38.8 Å². The van der Waals surface area contributed by atoms with Gasteiger partial charge < -0.3 is 15.0 Å². The number of hydrogen-bond donors (Lipinski definition) is 2. The van der Waals surface area contributed by atoms with Crippen molar-refractivity contribution in [2.24, 2.45) is 0 Å². The van der Waals surface area contributed by atoms with Gasteiger partial charge in [-0.15, -0.1) is 0 Å². The van der Waals surface area contributed by atoms with Crippen LogP contribution >= 0.6 is 0 Å². The fourth-order valence-electron chi connectivity index (χ4n) is 3.46. The first-order valence-corrected chi connectivity index (χ1v) is 10.2. The van der Waals surface area contributed by atoms with Crippen molar-refractivity contribution >= 4 is 17.7 Å². The summed E-state index contributed by atoms with van der Waals surface area (Å²) < 4.78 is 5.20. The lowest BCUT2D eigenvalue weighted by Gasteiger charge is -2.14. The van der Waals surface area contributed by atoms with Crippen LogP contribution < -0.4 is 5.32 Å². The van der Waals surface area contributed by atoms with Crippen LogP contribution in [0.3, 0.4) is 0 Å². The van der Waals surface area contributed by atoms with Crippen molar-refractivity contribution in [3.05, 3.63) is 82.7 Å². The minimum Gasteiger partial charge on any atom is -0.462 e. The van der Waals surface area contributed by atoms with Crippen LogP contribution in [0, 0.1) is 13.8 Å². The fourth-order valence-corrected chi connectivity index (χ4v) is 3.46. The third kappa shape index (κ3) is 4.74. The number of rotatable bonds is 7. The molecular formula is C25H26N2O4. The van der Waals surface area contributed by atoms with Gasteiger partial charge in [0.05, 0.1) is 18.2 Å². The summed E-state index contributed by atoms with van der Waals surface area (Å²) in [5.74, 6) is -2.03. The molecule has 0 radical (unpaired) electrons. The molecule has 2 N–H and O–H groups in total. The summed E-state index contributed by atoms with van der Waals surface area (Å²) in [5, 5.41) is 2.74. The molecule has 1 amide bonds. The molecule has 0 unspecified atom stereocenters. The van der Waals surface area contributed by atoms with Gasteiger partial charge in [0.1, 0.15) is 5.69 Å². The Balaban J connectivity index is 2.00. The first kappa shape index (κ1) is 22.0. The van der Waals surface area contributed by atoms with Crippen LogP contribution in [-0.4, -0.2) is 29.3 Å². The van der Waals surface area contributed by atoms with Gasteiger partial charge >= 0.3 is 5.97 Å². The van der Waals surface area contributed by atoms with Crippen LogP contribution in [0.2, 0.25) is 0 Å². The van der Waals surface area contributed by atoms with Crippen LogP contribution in [0.15, 0.2) is 54.6 Å². The number of H-pyrrole nitrogens is 1. The Morgan fingerprint density at radius 1 is 1.00 bits per heavy atom. The largest absolute Gasteiger partial charge is 0.462 e. The number of Topliss-reactive ketones (excluding diaryl/α,β-unsaturated/α-hetero) is 1. The summed E-state index contributed by atoms with van der Waals surface area (Å²) in [7, 11) is 0. The Morgan fingerprint density at radius 2 is 1.65 bits per heavy atom. The smallest absolute Gasteiger partial charge is 0.340 e. The van der Waals surface area contributed by atoms with E-state index in [9.17, 15) is 14.4 Å². The number of ketones is 1. The summed E-state index contributed by atoms with van der Waals surface area (Å²) in [4.78, 5) is 41.5. The van der Waals surface area contributed by atoms with Crippen molar-refractivity contribution in [3.8, 4) is 11.1 Å². The topological polar surface area (TPSA) is 88.3 Å². The molecule has 0 bridgehead atoms. The van der Waals surface area contributed by atoms with E-state index < -0.39 is 17.7 Å². The Morgan fingerprint density at radius 3 is 2.26 bits per heavy atom. The SMILES string of the molecule is CCOC(=O)c1c(C)[nH]c(C(=O)C(=O)N[C@@H](C)c2ccccc2)c1-c1ccc(C)cc1. The molecule has 3 aromatic rings. The molecular weight excluding hydrogens is 392 g/mol. The predicted octanol–water partition coefficient (Wildman–Crippen LogP) is 4.54.